The zero-order valence-corrected chi connectivity index (χ0v) is 63.7. The highest BCUT2D eigenvalue weighted by atomic mass is 35.5. The topological polar surface area (TPSA) is 227 Å². The molecule has 9 heterocycles. The van der Waals surface area contributed by atoms with Crippen LogP contribution in [0.3, 0.4) is 0 Å². The van der Waals surface area contributed by atoms with Crippen LogP contribution in [0.5, 0.6) is 0 Å². The molecule has 0 radical (unpaired) electrons. The molecule has 0 bridgehead atoms. The van der Waals surface area contributed by atoms with Gasteiger partial charge in [0.05, 0.1) is 62.3 Å². The van der Waals surface area contributed by atoms with Gasteiger partial charge in [-0.25, -0.2) is 34.3 Å². The van der Waals surface area contributed by atoms with E-state index in [1.807, 2.05) is 79.0 Å². The van der Waals surface area contributed by atoms with Gasteiger partial charge >= 0.3 is 0 Å². The molecule has 552 valence electrons. The lowest BCUT2D eigenvalue weighted by molar-refractivity contribution is 0.449. The number of aromatic nitrogens is 12. The summed E-state index contributed by atoms with van der Waals surface area (Å²) in [6, 6.07) is 63.6. The zero-order valence-electron chi connectivity index (χ0n) is 62.2. The molecule has 7 aromatic carbocycles. The van der Waals surface area contributed by atoms with Crippen molar-refractivity contribution in [3.05, 3.63) is 279 Å². The molecule has 0 saturated carbocycles. The van der Waals surface area contributed by atoms with Crippen molar-refractivity contribution >= 4 is 51.8 Å². The molecule has 6 N–H and O–H groups in total. The fraction of sp³-hybridized carbons (Fsp3) is 0.273. The SMILES string of the molecule is Cc1c(C2CCNCC2)nnc(-c2ccc(Cl)c(Cl)c2)c1-c1ccnc(NC(C)c2ccccc2)n1.Cc1c(C2CCNCC2)nnc(-c2ccc(F)cc2)c1-c1ccnc(NC(C)c2ccccc2)n1.Cc1c(C2CCNCC2)nnc(-c2ccc3ccccc3c2)c1-c1ccnc(NC(C)c2ccccc2)n1. The van der Waals surface area contributed by atoms with Crippen molar-refractivity contribution in [1.29, 1.82) is 0 Å². The minimum Gasteiger partial charge on any atom is -0.348 e. The van der Waals surface area contributed by atoms with Gasteiger partial charge in [-0.3, -0.25) is 0 Å². The van der Waals surface area contributed by atoms with Crippen LogP contribution >= 0.6 is 23.2 Å². The summed E-state index contributed by atoms with van der Waals surface area (Å²) in [6.45, 7) is 18.6. The average Bonchev–Trinajstić information content (AvgIpc) is 0.777. The Labute approximate surface area is 646 Å². The van der Waals surface area contributed by atoms with Crippen molar-refractivity contribution < 1.29 is 4.39 Å². The summed E-state index contributed by atoms with van der Waals surface area (Å²) in [5.74, 6) is 2.52. The third-order valence-corrected chi connectivity index (χ3v) is 21.7. The highest BCUT2D eigenvalue weighted by molar-refractivity contribution is 6.42. The number of rotatable bonds is 18. The number of hydrogen-bond acceptors (Lipinski definition) is 18. The van der Waals surface area contributed by atoms with E-state index in [0.29, 0.717) is 51.3 Å². The molecule has 3 aliphatic rings. The van der Waals surface area contributed by atoms with Gasteiger partial charge in [-0.05, 0) is 224 Å². The monoisotopic (exact) mass is 1490 g/mol. The molecule has 0 spiro atoms. The first kappa shape index (κ1) is 74.9. The van der Waals surface area contributed by atoms with Crippen LogP contribution in [0.4, 0.5) is 22.2 Å². The van der Waals surface area contributed by atoms with Gasteiger partial charge in [-0.15, -0.1) is 15.3 Å². The van der Waals surface area contributed by atoms with E-state index in [4.69, 9.17) is 58.5 Å². The lowest BCUT2D eigenvalue weighted by atomic mass is 9.88. The van der Waals surface area contributed by atoms with E-state index >= 15 is 0 Å². The molecule has 6 aromatic heterocycles. The third kappa shape index (κ3) is 18.0. The van der Waals surface area contributed by atoms with Gasteiger partial charge in [0.1, 0.15) is 22.9 Å². The van der Waals surface area contributed by atoms with Gasteiger partial charge in [0.2, 0.25) is 17.8 Å². The summed E-state index contributed by atoms with van der Waals surface area (Å²) in [5, 5.41) is 52.4. The Balaban J connectivity index is 0.000000137. The number of hydrogen-bond donors (Lipinski definition) is 6. The molecule has 3 atom stereocenters. The molecule has 3 saturated heterocycles. The maximum Gasteiger partial charge on any atom is 0.223 e. The predicted molar refractivity (Wildman–Crippen MR) is 437 cm³/mol. The molecule has 18 nitrogen and oxygen atoms in total. The normalized spacial score (nSPS) is 15.0. The fourth-order valence-corrected chi connectivity index (χ4v) is 15.2. The third-order valence-electron chi connectivity index (χ3n) is 20.9. The first-order valence-electron chi connectivity index (χ1n) is 37.7. The van der Waals surface area contributed by atoms with Crippen molar-refractivity contribution in [3.63, 3.8) is 0 Å². The first-order valence-corrected chi connectivity index (χ1v) is 38.4. The van der Waals surface area contributed by atoms with Crippen LogP contribution in [-0.2, 0) is 0 Å². The minimum absolute atomic E-state index is 0.0463. The molecule has 21 heteroatoms. The van der Waals surface area contributed by atoms with E-state index in [2.05, 4.69) is 190 Å². The Bertz CT molecular complexity index is 5240. The molecule has 13 aromatic rings. The molecule has 0 aliphatic carbocycles. The van der Waals surface area contributed by atoms with Crippen LogP contribution in [0.2, 0.25) is 10.0 Å². The van der Waals surface area contributed by atoms with E-state index in [1.54, 1.807) is 30.6 Å². The molecular weight excluding hydrogens is 1400 g/mol. The number of piperidine rings is 3. The van der Waals surface area contributed by atoms with Gasteiger partial charge in [0, 0.05) is 69.7 Å². The number of fused-ring (bicyclic) bond motifs is 1. The fourth-order valence-electron chi connectivity index (χ4n) is 14.9. The molecule has 3 fully saturated rings. The summed E-state index contributed by atoms with van der Waals surface area (Å²) < 4.78 is 13.7. The van der Waals surface area contributed by atoms with Gasteiger partial charge < -0.3 is 31.9 Å². The van der Waals surface area contributed by atoms with Gasteiger partial charge in [0.25, 0.3) is 0 Å². The molecule has 3 unspecified atom stereocenters. The van der Waals surface area contributed by atoms with Crippen molar-refractivity contribution in [2.45, 2.75) is 116 Å². The Morgan fingerprint density at radius 2 is 0.688 bits per heavy atom. The van der Waals surface area contributed by atoms with Gasteiger partial charge in [-0.2, -0.15) is 15.3 Å². The quantitative estimate of drug-likeness (QED) is 0.0469. The number of benzene rings is 7. The Morgan fingerprint density at radius 3 is 1.06 bits per heavy atom. The Morgan fingerprint density at radius 1 is 0.358 bits per heavy atom. The van der Waals surface area contributed by atoms with Crippen molar-refractivity contribution in [2.75, 3.05) is 55.2 Å². The van der Waals surface area contributed by atoms with Crippen molar-refractivity contribution in [3.8, 4) is 67.5 Å². The zero-order chi connectivity index (χ0) is 75.2. The van der Waals surface area contributed by atoms with Crippen LogP contribution < -0.4 is 31.9 Å². The maximum atomic E-state index is 13.7. The summed E-state index contributed by atoms with van der Waals surface area (Å²) in [4.78, 5) is 28.3. The summed E-state index contributed by atoms with van der Waals surface area (Å²) in [7, 11) is 0. The number of halogens is 3. The molecule has 3 aliphatic heterocycles. The highest BCUT2D eigenvalue weighted by Crippen LogP contribution is 2.42. The summed E-state index contributed by atoms with van der Waals surface area (Å²) in [6.07, 6.45) is 11.6. The van der Waals surface area contributed by atoms with E-state index in [9.17, 15) is 4.39 Å². The molecular formula is C88H89Cl2FN18. The second-order valence-electron chi connectivity index (χ2n) is 28.2. The lowest BCUT2D eigenvalue weighted by Crippen LogP contribution is -2.27. The van der Waals surface area contributed by atoms with E-state index < -0.39 is 0 Å². The van der Waals surface area contributed by atoms with E-state index in [1.165, 1.54) is 28.5 Å². The standard InChI is InChI=1S/C32H32N6.C28H28Cl2N6.C28H29FN6/c1-21-29(28-16-19-34-32(36-28)35-22(2)23-8-4-3-5-9-23)31(38-37-30(21)25-14-17-33-18-15-25)27-13-12-24-10-6-7-11-26(24)20-27;1-17-25(24-12-15-32-28(34-24)33-18(2)19-6-4-3-5-7-19)27(21-8-9-22(29)23(30)16-21)36-35-26(17)20-10-13-31-14-11-20;1-18-25(24-14-17-31-28(33-24)32-19(2)20-6-4-3-5-7-20)27(21-8-10-23(29)11-9-21)35-34-26(18)22-12-15-30-16-13-22/h3-13,16,19-20,22,25,33H,14-15,17-18H2,1-2H3,(H,34,35,36);3-9,12,15-16,18,20,31H,10-11,13-14H2,1-2H3,(H,32,33,34);3-11,14,17,19,22,30H,12-13,15-16H2,1-2H3,(H,31,32,33). The second-order valence-corrected chi connectivity index (χ2v) is 29.0. The van der Waals surface area contributed by atoms with E-state index in [0.717, 1.165) is 185 Å². The number of anilines is 3. The van der Waals surface area contributed by atoms with Gasteiger partial charge in [-0.1, -0.05) is 157 Å². The van der Waals surface area contributed by atoms with Crippen molar-refractivity contribution in [1.82, 2.24) is 76.4 Å². The second kappa shape index (κ2) is 35.4. The molecule has 16 rings (SSSR count). The Hall–Kier alpha value is -10.9. The smallest absolute Gasteiger partial charge is 0.223 e. The van der Waals surface area contributed by atoms with Gasteiger partial charge in [0.15, 0.2) is 0 Å². The first-order chi connectivity index (χ1) is 53.3. The number of nitrogens with one attached hydrogen (secondary N) is 6. The van der Waals surface area contributed by atoms with Crippen LogP contribution in [0, 0.1) is 26.6 Å². The Kier molecular flexibility index (Phi) is 24.3. The molecule has 109 heavy (non-hydrogen) atoms. The van der Waals surface area contributed by atoms with Crippen molar-refractivity contribution in [2.24, 2.45) is 0 Å². The predicted octanol–water partition coefficient (Wildman–Crippen LogP) is 19.2. The van der Waals surface area contributed by atoms with Crippen LogP contribution in [0.1, 0.15) is 146 Å². The average molecular weight is 1490 g/mol. The maximum absolute atomic E-state index is 13.7. The highest BCUT2D eigenvalue weighted by Gasteiger charge is 2.29. The van der Waals surface area contributed by atoms with Crippen LogP contribution in [-0.4, -0.2) is 99.8 Å². The van der Waals surface area contributed by atoms with Crippen LogP contribution in [0.25, 0.3) is 78.3 Å². The minimum atomic E-state index is -0.283. The summed E-state index contributed by atoms with van der Waals surface area (Å²) >= 11 is 12.6. The lowest BCUT2D eigenvalue weighted by Gasteiger charge is -2.25. The summed E-state index contributed by atoms with van der Waals surface area (Å²) in [5.41, 5.74) is 20.2. The van der Waals surface area contributed by atoms with Crippen LogP contribution in [0.15, 0.2) is 213 Å². The van der Waals surface area contributed by atoms with E-state index in [-0.39, 0.29) is 23.9 Å². The largest absolute Gasteiger partial charge is 0.348 e. The number of nitrogens with zero attached hydrogens (tertiary/aromatic N) is 12. The molecule has 0 amide bonds.